The predicted octanol–water partition coefficient (Wildman–Crippen LogP) is 2.55. The summed E-state index contributed by atoms with van der Waals surface area (Å²) < 4.78 is 36.0. The van der Waals surface area contributed by atoms with Crippen LogP contribution in [0.4, 0.5) is 0 Å². The van der Waals surface area contributed by atoms with Crippen molar-refractivity contribution >= 4 is 21.2 Å². The van der Waals surface area contributed by atoms with E-state index in [0.717, 1.165) is 5.56 Å². The Kier molecular flexibility index (Phi) is 3.27. The first-order valence-electron chi connectivity index (χ1n) is 6.46. The molecule has 0 spiro atoms. The van der Waals surface area contributed by atoms with E-state index in [2.05, 4.69) is 4.98 Å². The molecule has 0 bridgehead atoms. The zero-order chi connectivity index (χ0) is 15.0. The molecule has 2 aromatic carbocycles. The van der Waals surface area contributed by atoms with Gasteiger partial charge in [0.05, 0.1) is 17.1 Å². The number of hydrogen-bond acceptors (Lipinski definition) is 4. The van der Waals surface area contributed by atoms with E-state index in [1.54, 1.807) is 24.3 Å². The van der Waals surface area contributed by atoms with Crippen LogP contribution in [0.15, 0.2) is 59.8 Å². The van der Waals surface area contributed by atoms with Crippen LogP contribution in [0.5, 0.6) is 0 Å². The van der Waals surface area contributed by atoms with E-state index in [0.29, 0.717) is 11.0 Å². The third-order valence-electron chi connectivity index (χ3n) is 3.46. The Bertz CT molecular complexity index is 886. The highest BCUT2D eigenvalue weighted by atomic mass is 32.2. The van der Waals surface area contributed by atoms with Crippen molar-refractivity contribution in [1.29, 1.82) is 0 Å². The van der Waals surface area contributed by atoms with E-state index in [-0.39, 0.29) is 6.04 Å². The molecule has 0 fully saturated rings. The summed E-state index contributed by atoms with van der Waals surface area (Å²) >= 11 is 0. The van der Waals surface area contributed by atoms with Crippen LogP contribution >= 0.6 is 0 Å². The van der Waals surface area contributed by atoms with Crippen molar-refractivity contribution in [2.45, 2.75) is 18.1 Å². The van der Waals surface area contributed by atoms with Gasteiger partial charge in [-0.3, -0.25) is 0 Å². The Balaban J connectivity index is 2.30. The average molecular weight is 301 g/mol. The second kappa shape index (κ2) is 4.98. The van der Waals surface area contributed by atoms with Crippen molar-refractivity contribution in [3.05, 3.63) is 60.2 Å². The molecule has 0 unspecified atom stereocenters. The average Bonchev–Trinajstić information content (AvgIpc) is 2.87. The lowest BCUT2D eigenvalue weighted by Crippen LogP contribution is -2.14. The molecule has 5 nitrogen and oxygen atoms in total. The number of fused-ring (bicyclic) bond motifs is 1. The summed E-state index contributed by atoms with van der Waals surface area (Å²) in [5, 5.41) is -0.444. The summed E-state index contributed by atoms with van der Waals surface area (Å²) in [5.74, 6) is 0. The van der Waals surface area contributed by atoms with E-state index in [9.17, 15) is 13.0 Å². The Morgan fingerprint density at radius 1 is 1.05 bits per heavy atom. The normalized spacial score (nSPS) is 13.4. The van der Waals surface area contributed by atoms with Gasteiger partial charge in [-0.1, -0.05) is 42.5 Å². The minimum absolute atomic E-state index is 0.308. The molecular formula is C15H13N2O3S-. The summed E-state index contributed by atoms with van der Waals surface area (Å²) in [6.07, 6.45) is 0. The van der Waals surface area contributed by atoms with Crippen LogP contribution in [-0.4, -0.2) is 22.5 Å². The van der Waals surface area contributed by atoms with Gasteiger partial charge >= 0.3 is 0 Å². The first-order valence-corrected chi connectivity index (χ1v) is 7.87. The molecular weight excluding hydrogens is 288 g/mol. The van der Waals surface area contributed by atoms with Gasteiger partial charge in [0.15, 0.2) is 10.1 Å². The molecule has 0 radical (unpaired) electrons. The first kappa shape index (κ1) is 13.8. The van der Waals surface area contributed by atoms with E-state index in [1.807, 2.05) is 37.3 Å². The molecule has 0 aliphatic carbocycles. The first-order chi connectivity index (χ1) is 9.98. The van der Waals surface area contributed by atoms with Gasteiger partial charge in [-0.2, -0.15) is 0 Å². The highest BCUT2D eigenvalue weighted by molar-refractivity contribution is 7.85. The molecule has 0 saturated carbocycles. The molecule has 0 saturated heterocycles. The molecule has 1 heterocycles. The number of aromatic nitrogens is 2. The van der Waals surface area contributed by atoms with Gasteiger partial charge in [0.25, 0.3) is 0 Å². The SMILES string of the molecule is C[C@H](c1ccccc1)n1c(S(=O)(=O)[O-])nc2ccccc21. The van der Waals surface area contributed by atoms with E-state index < -0.39 is 15.3 Å². The van der Waals surface area contributed by atoms with Crippen molar-refractivity contribution in [2.24, 2.45) is 0 Å². The largest absolute Gasteiger partial charge is 0.742 e. The minimum Gasteiger partial charge on any atom is -0.742 e. The summed E-state index contributed by atoms with van der Waals surface area (Å²) in [7, 11) is -4.65. The van der Waals surface area contributed by atoms with Crippen LogP contribution in [0.3, 0.4) is 0 Å². The fourth-order valence-electron chi connectivity index (χ4n) is 2.45. The van der Waals surface area contributed by atoms with E-state index >= 15 is 0 Å². The van der Waals surface area contributed by atoms with Crippen molar-refractivity contribution in [1.82, 2.24) is 9.55 Å². The topological polar surface area (TPSA) is 75.0 Å². The number of benzene rings is 2. The second-order valence-corrected chi connectivity index (χ2v) is 6.07. The zero-order valence-corrected chi connectivity index (χ0v) is 12.1. The third-order valence-corrected chi connectivity index (χ3v) is 4.19. The van der Waals surface area contributed by atoms with Gasteiger partial charge in [0.1, 0.15) is 0 Å². The molecule has 21 heavy (non-hydrogen) atoms. The molecule has 3 rings (SSSR count). The number of hydrogen-bond donors (Lipinski definition) is 0. The summed E-state index contributed by atoms with van der Waals surface area (Å²) in [5.41, 5.74) is 2.03. The smallest absolute Gasteiger partial charge is 0.216 e. The number of nitrogens with zero attached hydrogens (tertiary/aromatic N) is 2. The van der Waals surface area contributed by atoms with Crippen molar-refractivity contribution in [3.8, 4) is 0 Å². The Labute approximate surface area is 122 Å². The summed E-state index contributed by atoms with van der Waals surface area (Å²) in [6, 6.07) is 16.1. The van der Waals surface area contributed by atoms with Crippen LogP contribution in [-0.2, 0) is 10.1 Å². The van der Waals surface area contributed by atoms with Gasteiger partial charge in [-0.15, -0.1) is 0 Å². The molecule has 0 N–H and O–H groups in total. The lowest BCUT2D eigenvalue weighted by Gasteiger charge is -2.19. The maximum atomic E-state index is 11.5. The quantitative estimate of drug-likeness (QED) is 0.697. The lowest BCUT2D eigenvalue weighted by atomic mass is 10.1. The summed E-state index contributed by atoms with van der Waals surface area (Å²) in [4.78, 5) is 3.99. The van der Waals surface area contributed by atoms with Crippen LogP contribution in [0.2, 0.25) is 0 Å². The number of rotatable bonds is 3. The minimum atomic E-state index is -4.65. The number of para-hydroxylation sites is 2. The highest BCUT2D eigenvalue weighted by Gasteiger charge is 2.20. The maximum absolute atomic E-state index is 11.5. The van der Waals surface area contributed by atoms with Crippen LogP contribution in [0, 0.1) is 0 Å². The predicted molar refractivity (Wildman–Crippen MR) is 78.0 cm³/mol. The lowest BCUT2D eigenvalue weighted by molar-refractivity contribution is 0.442. The molecule has 6 heteroatoms. The molecule has 0 amide bonds. The standard InChI is InChI=1S/C15H14N2O3S/c1-11(12-7-3-2-4-8-12)17-14-10-6-5-9-13(14)16-15(17)21(18,19)20/h2-11H,1H3,(H,18,19,20)/p-1/t11-/m1/s1. The van der Waals surface area contributed by atoms with Crippen LogP contribution < -0.4 is 0 Å². The van der Waals surface area contributed by atoms with Gasteiger partial charge in [0.2, 0.25) is 5.16 Å². The highest BCUT2D eigenvalue weighted by Crippen LogP contribution is 2.27. The second-order valence-electron chi connectivity index (χ2n) is 4.79. The van der Waals surface area contributed by atoms with Crippen molar-refractivity contribution < 1.29 is 13.0 Å². The van der Waals surface area contributed by atoms with Crippen molar-refractivity contribution in [2.75, 3.05) is 0 Å². The summed E-state index contributed by atoms with van der Waals surface area (Å²) in [6.45, 7) is 1.85. The third kappa shape index (κ3) is 2.43. The number of imidazole rings is 1. The molecule has 0 aliphatic rings. The molecule has 108 valence electrons. The van der Waals surface area contributed by atoms with Gasteiger partial charge in [-0.25, -0.2) is 13.4 Å². The van der Waals surface area contributed by atoms with Gasteiger partial charge < -0.3 is 9.12 Å². The van der Waals surface area contributed by atoms with Gasteiger partial charge in [-0.05, 0) is 24.6 Å². The monoisotopic (exact) mass is 301 g/mol. The van der Waals surface area contributed by atoms with E-state index in [4.69, 9.17) is 0 Å². The molecule has 0 aliphatic heterocycles. The Hall–Kier alpha value is -2.18. The van der Waals surface area contributed by atoms with E-state index in [1.165, 1.54) is 4.57 Å². The molecule has 3 aromatic rings. The Morgan fingerprint density at radius 2 is 1.67 bits per heavy atom. The molecule has 1 aromatic heterocycles. The van der Waals surface area contributed by atoms with Crippen LogP contribution in [0.1, 0.15) is 18.5 Å². The fourth-order valence-corrected chi connectivity index (χ4v) is 3.16. The van der Waals surface area contributed by atoms with Gasteiger partial charge in [0, 0.05) is 0 Å². The van der Waals surface area contributed by atoms with Crippen LogP contribution in [0.25, 0.3) is 11.0 Å². The van der Waals surface area contributed by atoms with Crippen molar-refractivity contribution in [3.63, 3.8) is 0 Å². The fraction of sp³-hybridized carbons (Fsp3) is 0.133. The Morgan fingerprint density at radius 3 is 2.33 bits per heavy atom. The molecule has 1 atom stereocenters. The zero-order valence-electron chi connectivity index (χ0n) is 11.3. The maximum Gasteiger partial charge on any atom is 0.216 e.